The fourth-order valence-electron chi connectivity index (χ4n) is 5.77. The maximum absolute atomic E-state index is 13.3. The fourth-order valence-corrected chi connectivity index (χ4v) is 7.27. The number of hydrogen-bond acceptors (Lipinski definition) is 9. The molecule has 2 N–H and O–H groups in total. The van der Waals surface area contributed by atoms with Gasteiger partial charge >= 0.3 is 12.1 Å². The number of piperazine rings is 2. The molecule has 0 aliphatic carbocycles. The van der Waals surface area contributed by atoms with Gasteiger partial charge < -0.3 is 29.7 Å². The third-order valence-electron chi connectivity index (χ3n) is 8.67. The van der Waals surface area contributed by atoms with Crippen LogP contribution < -0.4 is 5.32 Å². The second kappa shape index (κ2) is 15.5. The summed E-state index contributed by atoms with van der Waals surface area (Å²) < 4.78 is 39.9. The zero-order valence-electron chi connectivity index (χ0n) is 26.4. The van der Waals surface area contributed by atoms with Crippen LogP contribution in [-0.4, -0.2) is 117 Å². The van der Waals surface area contributed by atoms with Crippen molar-refractivity contribution in [1.29, 1.82) is 0 Å². The highest BCUT2D eigenvalue weighted by atomic mass is 32.2. The fraction of sp³-hybridized carbons (Fsp3) is 0.625. The van der Waals surface area contributed by atoms with Gasteiger partial charge in [0.15, 0.2) is 0 Å². The summed E-state index contributed by atoms with van der Waals surface area (Å²) >= 11 is 0. The Bertz CT molecular complexity index is 1300. The highest BCUT2D eigenvalue weighted by Crippen LogP contribution is 2.27. The minimum Gasteiger partial charge on any atom is -0.457 e. The molecule has 0 unspecified atom stereocenters. The molecular weight excluding hydrogens is 584 g/mol. The molecule has 1 aromatic rings. The molecule has 4 rings (SSSR count). The van der Waals surface area contributed by atoms with E-state index >= 15 is 0 Å². The first-order valence-corrected chi connectivity index (χ1v) is 17.1. The third kappa shape index (κ3) is 9.13. The van der Waals surface area contributed by atoms with Crippen LogP contribution in [0.2, 0.25) is 0 Å². The normalized spacial score (nSPS) is 29.7. The molecule has 3 aliphatic rings. The van der Waals surface area contributed by atoms with E-state index in [9.17, 15) is 23.1 Å². The average molecular weight is 633 g/mol. The Morgan fingerprint density at radius 2 is 1.77 bits per heavy atom. The van der Waals surface area contributed by atoms with E-state index in [4.69, 9.17) is 9.47 Å². The SMILES string of the molecule is C/C(=C\c1cccc(S(=O)(=O)N2CCNCC2)c1)[C@H]1OC(=O)C[C@H](O)CC[C@H](C)[C@@H](OC(=O)N2CCN(C)CC2)/C=C/[C@@H]1C. The van der Waals surface area contributed by atoms with Crippen LogP contribution in [0.1, 0.15) is 45.6 Å². The minimum atomic E-state index is -3.64. The van der Waals surface area contributed by atoms with Crippen molar-refractivity contribution >= 4 is 28.2 Å². The van der Waals surface area contributed by atoms with Crippen LogP contribution >= 0.6 is 0 Å². The molecule has 0 spiro atoms. The lowest BCUT2D eigenvalue weighted by atomic mass is 9.91. The Morgan fingerprint density at radius 1 is 1.07 bits per heavy atom. The Kier molecular flexibility index (Phi) is 12.0. The number of carbonyl (C=O) groups is 2. The third-order valence-corrected chi connectivity index (χ3v) is 10.6. The molecule has 0 aromatic heterocycles. The van der Waals surface area contributed by atoms with Gasteiger partial charge in [0.2, 0.25) is 10.0 Å². The van der Waals surface area contributed by atoms with Crippen LogP contribution in [0.25, 0.3) is 6.08 Å². The number of esters is 1. The number of aliphatic hydroxyl groups is 1. The molecule has 5 atom stereocenters. The van der Waals surface area contributed by atoms with E-state index in [2.05, 4.69) is 10.2 Å². The van der Waals surface area contributed by atoms with Gasteiger partial charge in [-0.1, -0.05) is 38.1 Å². The van der Waals surface area contributed by atoms with Crippen molar-refractivity contribution in [1.82, 2.24) is 19.4 Å². The van der Waals surface area contributed by atoms with Crippen LogP contribution in [0, 0.1) is 11.8 Å². The maximum atomic E-state index is 13.3. The van der Waals surface area contributed by atoms with Crippen molar-refractivity contribution in [3.63, 3.8) is 0 Å². The van der Waals surface area contributed by atoms with Crippen LogP contribution in [0.4, 0.5) is 4.79 Å². The predicted octanol–water partition coefficient (Wildman–Crippen LogP) is 2.72. The van der Waals surface area contributed by atoms with Gasteiger partial charge in [0.25, 0.3) is 0 Å². The van der Waals surface area contributed by atoms with Gasteiger partial charge in [-0.3, -0.25) is 4.79 Å². The van der Waals surface area contributed by atoms with Crippen molar-refractivity contribution in [2.45, 2.75) is 63.2 Å². The number of sulfonamides is 1. The molecule has 2 fully saturated rings. The van der Waals surface area contributed by atoms with Crippen molar-refractivity contribution in [3.8, 4) is 0 Å². The molecule has 11 nitrogen and oxygen atoms in total. The van der Waals surface area contributed by atoms with Crippen molar-refractivity contribution < 1.29 is 32.6 Å². The summed E-state index contributed by atoms with van der Waals surface area (Å²) in [5.74, 6) is -0.871. The topological polar surface area (TPSA) is 129 Å². The Balaban J connectivity index is 1.56. The van der Waals surface area contributed by atoms with Crippen molar-refractivity contribution in [2.24, 2.45) is 11.8 Å². The van der Waals surface area contributed by atoms with E-state index < -0.39 is 34.3 Å². The average Bonchev–Trinajstić information content (AvgIpc) is 3.00. The van der Waals surface area contributed by atoms with Gasteiger partial charge in [-0.05, 0) is 62.1 Å². The van der Waals surface area contributed by atoms with Gasteiger partial charge in [-0.15, -0.1) is 0 Å². The van der Waals surface area contributed by atoms with Crippen LogP contribution in [-0.2, 0) is 24.3 Å². The van der Waals surface area contributed by atoms with E-state index in [1.165, 1.54) is 4.31 Å². The molecule has 1 aromatic carbocycles. The largest absolute Gasteiger partial charge is 0.457 e. The zero-order valence-corrected chi connectivity index (χ0v) is 27.2. The van der Waals surface area contributed by atoms with Gasteiger partial charge in [-0.2, -0.15) is 4.31 Å². The number of benzene rings is 1. The molecule has 0 bridgehead atoms. The van der Waals surface area contributed by atoms with Crippen LogP contribution in [0.3, 0.4) is 0 Å². The van der Waals surface area contributed by atoms with E-state index in [-0.39, 0.29) is 29.2 Å². The summed E-state index contributed by atoms with van der Waals surface area (Å²) in [6, 6.07) is 6.76. The van der Waals surface area contributed by atoms with E-state index in [1.807, 2.05) is 52.1 Å². The van der Waals surface area contributed by atoms with Crippen LogP contribution in [0.15, 0.2) is 46.9 Å². The Labute approximate surface area is 261 Å². The predicted molar refractivity (Wildman–Crippen MR) is 168 cm³/mol. The molecule has 3 aliphatic heterocycles. The highest BCUT2D eigenvalue weighted by Gasteiger charge is 2.30. The monoisotopic (exact) mass is 632 g/mol. The number of carbonyl (C=O) groups excluding carboxylic acids is 2. The number of nitrogens with zero attached hydrogens (tertiary/aromatic N) is 3. The number of amides is 1. The quantitative estimate of drug-likeness (QED) is 0.372. The molecular formula is C32H48N4O7S. The molecule has 1 amide bonds. The van der Waals surface area contributed by atoms with Gasteiger partial charge in [-0.25, -0.2) is 13.2 Å². The van der Waals surface area contributed by atoms with E-state index in [1.54, 1.807) is 23.1 Å². The lowest BCUT2D eigenvalue weighted by Crippen LogP contribution is -2.48. The van der Waals surface area contributed by atoms with E-state index in [0.29, 0.717) is 57.7 Å². The Morgan fingerprint density at radius 3 is 2.48 bits per heavy atom. The number of ether oxygens (including phenoxy) is 2. The standard InChI is InChI=1S/C32H48N4O7S/c1-23-8-10-27(37)22-30(38)43-31(24(2)9-11-29(23)42-32(39)35-18-16-34(4)17-19-35)25(3)20-26-6-5-7-28(21-26)44(40,41)36-14-12-33-13-15-36/h5-7,9,11,20-21,23-24,27,29,31,33,37H,8,10,12-19,22H2,1-4H3/b11-9+,25-20+/t23-,24-,27+,29-,31-/m0/s1. The highest BCUT2D eigenvalue weighted by molar-refractivity contribution is 7.89. The molecule has 244 valence electrons. The first kappa shape index (κ1) is 34.1. The summed E-state index contributed by atoms with van der Waals surface area (Å²) in [6.07, 6.45) is 3.99. The molecule has 0 saturated carbocycles. The minimum absolute atomic E-state index is 0.0737. The van der Waals surface area contributed by atoms with Crippen LogP contribution in [0.5, 0.6) is 0 Å². The van der Waals surface area contributed by atoms with E-state index in [0.717, 1.165) is 18.7 Å². The summed E-state index contributed by atoms with van der Waals surface area (Å²) in [6.45, 7) is 10.6. The number of hydrogen-bond donors (Lipinski definition) is 2. The molecule has 0 radical (unpaired) electrons. The summed E-state index contributed by atoms with van der Waals surface area (Å²) in [4.78, 5) is 30.0. The summed E-state index contributed by atoms with van der Waals surface area (Å²) in [5.41, 5.74) is 1.39. The van der Waals surface area contributed by atoms with Crippen molar-refractivity contribution in [2.75, 3.05) is 59.4 Å². The zero-order chi connectivity index (χ0) is 31.9. The summed E-state index contributed by atoms with van der Waals surface area (Å²) in [5, 5.41) is 13.8. The number of rotatable bonds is 5. The second-order valence-corrected chi connectivity index (χ2v) is 14.3. The molecule has 44 heavy (non-hydrogen) atoms. The smallest absolute Gasteiger partial charge is 0.410 e. The first-order valence-electron chi connectivity index (χ1n) is 15.6. The maximum Gasteiger partial charge on any atom is 0.410 e. The van der Waals surface area contributed by atoms with Gasteiger partial charge in [0, 0.05) is 58.3 Å². The number of nitrogens with one attached hydrogen (secondary N) is 1. The number of aliphatic hydroxyl groups excluding tert-OH is 1. The van der Waals surface area contributed by atoms with Gasteiger partial charge in [0.1, 0.15) is 12.2 Å². The second-order valence-electron chi connectivity index (χ2n) is 12.3. The number of likely N-dealkylation sites (N-methyl/N-ethyl adjacent to an activating group) is 1. The first-order chi connectivity index (χ1) is 20.9. The van der Waals surface area contributed by atoms with Crippen molar-refractivity contribution in [3.05, 3.63) is 47.6 Å². The van der Waals surface area contributed by atoms with Gasteiger partial charge in [0.05, 0.1) is 17.4 Å². The molecule has 3 heterocycles. The number of cyclic esters (lactones) is 1. The molecule has 12 heteroatoms. The lowest BCUT2D eigenvalue weighted by molar-refractivity contribution is -0.151. The Hall–Kier alpha value is -2.77. The summed E-state index contributed by atoms with van der Waals surface area (Å²) in [7, 11) is -1.61. The lowest BCUT2D eigenvalue weighted by Gasteiger charge is -2.33. The molecule has 2 saturated heterocycles.